The van der Waals surface area contributed by atoms with Gasteiger partial charge in [0.15, 0.2) is 17.2 Å². The van der Waals surface area contributed by atoms with Crippen molar-refractivity contribution in [3.63, 3.8) is 0 Å². The van der Waals surface area contributed by atoms with Crippen molar-refractivity contribution in [3.05, 3.63) is 59.8 Å². The first-order valence-corrected chi connectivity index (χ1v) is 9.49. The van der Waals surface area contributed by atoms with E-state index >= 15 is 0 Å². The highest BCUT2D eigenvalue weighted by atomic mass is 16.4. The smallest absolute Gasteiger partial charge is 0.323 e. The molecule has 31 heavy (non-hydrogen) atoms. The van der Waals surface area contributed by atoms with Crippen LogP contribution in [0.2, 0.25) is 0 Å². The van der Waals surface area contributed by atoms with Gasteiger partial charge in [-0.15, -0.1) is 0 Å². The van der Waals surface area contributed by atoms with Gasteiger partial charge < -0.3 is 25.3 Å². The Kier molecular flexibility index (Phi) is 5.87. The molecule has 9 nitrogen and oxygen atoms in total. The summed E-state index contributed by atoms with van der Waals surface area (Å²) in [5.41, 5.74) is 0.370. The van der Waals surface area contributed by atoms with E-state index in [2.05, 4.69) is 0 Å². The predicted octanol–water partition coefficient (Wildman–Crippen LogP) is 2.20. The van der Waals surface area contributed by atoms with Gasteiger partial charge in [-0.1, -0.05) is 32.0 Å². The summed E-state index contributed by atoms with van der Waals surface area (Å²) >= 11 is 0. The predicted molar refractivity (Wildman–Crippen MR) is 110 cm³/mol. The second-order valence-electron chi connectivity index (χ2n) is 7.46. The van der Waals surface area contributed by atoms with Crippen molar-refractivity contribution in [2.45, 2.75) is 19.9 Å². The minimum absolute atomic E-state index is 0.0146. The van der Waals surface area contributed by atoms with E-state index in [0.29, 0.717) is 5.56 Å². The van der Waals surface area contributed by atoms with Gasteiger partial charge >= 0.3 is 5.97 Å². The van der Waals surface area contributed by atoms with Crippen LogP contribution in [0.1, 0.15) is 29.8 Å². The van der Waals surface area contributed by atoms with Crippen LogP contribution in [0, 0.1) is 5.92 Å². The fourth-order valence-corrected chi connectivity index (χ4v) is 3.48. The Hall–Kier alpha value is -4.01. The van der Waals surface area contributed by atoms with Crippen LogP contribution in [-0.4, -0.2) is 60.6 Å². The molecule has 0 spiro atoms. The number of carboxylic acids is 1. The van der Waals surface area contributed by atoms with Crippen molar-refractivity contribution in [2.24, 2.45) is 5.92 Å². The summed E-state index contributed by atoms with van der Waals surface area (Å²) in [7, 11) is 0. The number of phenolic OH excluding ortho intramolecular Hbond substituents is 3. The van der Waals surface area contributed by atoms with Crippen molar-refractivity contribution in [2.75, 3.05) is 6.54 Å². The number of nitrogens with zero attached hydrogens (tertiary/aromatic N) is 2. The van der Waals surface area contributed by atoms with Crippen LogP contribution < -0.4 is 0 Å². The number of amides is 2. The minimum Gasteiger partial charge on any atom is -0.504 e. The summed E-state index contributed by atoms with van der Waals surface area (Å²) in [6.07, 6.45) is 1.33. The number of hydrogen-bond acceptors (Lipinski definition) is 6. The van der Waals surface area contributed by atoms with Crippen LogP contribution >= 0.6 is 0 Å². The maximum atomic E-state index is 13.3. The van der Waals surface area contributed by atoms with Gasteiger partial charge in [0.25, 0.3) is 11.8 Å². The van der Waals surface area contributed by atoms with E-state index in [9.17, 15) is 34.8 Å². The first-order chi connectivity index (χ1) is 14.6. The van der Waals surface area contributed by atoms with Gasteiger partial charge in [-0.3, -0.25) is 19.3 Å². The summed E-state index contributed by atoms with van der Waals surface area (Å²) < 4.78 is 0. The number of benzene rings is 2. The Morgan fingerprint density at radius 3 is 2.13 bits per heavy atom. The first kappa shape index (κ1) is 21.7. The third-order valence-corrected chi connectivity index (χ3v) is 4.92. The highest BCUT2D eigenvalue weighted by Crippen LogP contribution is 2.40. The van der Waals surface area contributed by atoms with Crippen LogP contribution in [0.15, 0.2) is 48.7 Å². The lowest BCUT2D eigenvalue weighted by Crippen LogP contribution is -2.55. The lowest BCUT2D eigenvalue weighted by atomic mass is 9.96. The van der Waals surface area contributed by atoms with Gasteiger partial charge in [-0.05, 0) is 30.2 Å². The van der Waals surface area contributed by atoms with Gasteiger partial charge in [0.1, 0.15) is 12.6 Å². The maximum absolute atomic E-state index is 13.3. The molecule has 0 unspecified atom stereocenters. The van der Waals surface area contributed by atoms with E-state index in [4.69, 9.17) is 0 Å². The monoisotopic (exact) mass is 426 g/mol. The molecule has 0 radical (unpaired) electrons. The number of aromatic hydroxyl groups is 3. The first-order valence-electron chi connectivity index (χ1n) is 9.49. The second kappa shape index (κ2) is 8.39. The molecule has 3 rings (SSSR count). The lowest BCUT2D eigenvalue weighted by Gasteiger charge is -2.40. The molecule has 162 valence electrons. The lowest BCUT2D eigenvalue weighted by molar-refractivity contribution is -0.144. The summed E-state index contributed by atoms with van der Waals surface area (Å²) in [6, 6.07) is 9.49. The fourth-order valence-electron chi connectivity index (χ4n) is 3.48. The van der Waals surface area contributed by atoms with E-state index < -0.39 is 47.6 Å². The third-order valence-electron chi connectivity index (χ3n) is 4.92. The molecule has 0 aromatic heterocycles. The highest BCUT2D eigenvalue weighted by Gasteiger charge is 2.41. The molecule has 1 aliphatic rings. The molecular formula is C22H22N2O7. The maximum Gasteiger partial charge on any atom is 0.323 e. The van der Waals surface area contributed by atoms with Gasteiger partial charge in [-0.2, -0.15) is 0 Å². The summed E-state index contributed by atoms with van der Waals surface area (Å²) in [6.45, 7) is 2.79. The fraction of sp³-hybridized carbons (Fsp3) is 0.227. The Balaban J connectivity index is 2.21. The van der Waals surface area contributed by atoms with E-state index in [0.717, 1.165) is 17.0 Å². The molecule has 0 saturated heterocycles. The standard InChI is InChI=1S/C22H22N2O7/c1-12(2)19-22(31)23(11-18(27)28)15(14-8-16(25)20(29)17(26)9-14)10-24(19)21(30)13-6-4-3-5-7-13/h3-10,12,19,25-26,29H,11H2,1-2H3,(H,27,28)/t19-/m0/s1. The highest BCUT2D eigenvalue weighted by molar-refractivity contribution is 6.03. The molecule has 4 N–H and O–H groups in total. The molecule has 0 fully saturated rings. The molecule has 0 aliphatic carbocycles. The SMILES string of the molecule is CC(C)[C@H]1C(=O)N(CC(=O)O)C(c2cc(O)c(O)c(O)c2)=CN1C(=O)c1ccccc1. The van der Waals surface area contributed by atoms with E-state index in [1.807, 2.05) is 0 Å². The van der Waals surface area contributed by atoms with Gasteiger partial charge in [-0.25, -0.2) is 0 Å². The Labute approximate surface area is 178 Å². The van der Waals surface area contributed by atoms with Gasteiger partial charge in [0.2, 0.25) is 0 Å². The molecule has 1 aliphatic heterocycles. The largest absolute Gasteiger partial charge is 0.504 e. The van der Waals surface area contributed by atoms with Gasteiger partial charge in [0, 0.05) is 17.3 Å². The molecule has 0 saturated carbocycles. The molecule has 1 atom stereocenters. The average Bonchev–Trinajstić information content (AvgIpc) is 2.72. The van der Waals surface area contributed by atoms with E-state index in [-0.39, 0.29) is 17.2 Å². The van der Waals surface area contributed by atoms with Crippen LogP contribution in [0.25, 0.3) is 5.70 Å². The third kappa shape index (κ3) is 4.16. The molecule has 2 aromatic carbocycles. The van der Waals surface area contributed by atoms with Crippen LogP contribution in [0.5, 0.6) is 17.2 Å². The zero-order valence-electron chi connectivity index (χ0n) is 16.9. The Morgan fingerprint density at radius 2 is 1.61 bits per heavy atom. The molecule has 9 heteroatoms. The van der Waals surface area contributed by atoms with Crippen LogP contribution in [-0.2, 0) is 9.59 Å². The van der Waals surface area contributed by atoms with Gasteiger partial charge in [0.05, 0.1) is 5.70 Å². The molecule has 2 amide bonds. The topological polar surface area (TPSA) is 139 Å². The van der Waals surface area contributed by atoms with Crippen molar-refractivity contribution in [1.82, 2.24) is 9.80 Å². The quantitative estimate of drug-likeness (QED) is 0.538. The summed E-state index contributed by atoms with van der Waals surface area (Å²) in [5, 5.41) is 38.8. The minimum atomic E-state index is -1.28. The van der Waals surface area contributed by atoms with Crippen LogP contribution in [0.3, 0.4) is 0 Å². The van der Waals surface area contributed by atoms with E-state index in [1.54, 1.807) is 44.2 Å². The average molecular weight is 426 g/mol. The Bertz CT molecular complexity index is 1040. The number of hydrogen-bond donors (Lipinski definition) is 4. The number of carbonyl (C=O) groups excluding carboxylic acids is 2. The molecule has 2 aromatic rings. The van der Waals surface area contributed by atoms with Crippen molar-refractivity contribution < 1.29 is 34.8 Å². The number of phenols is 3. The molecule has 0 bridgehead atoms. The molecular weight excluding hydrogens is 404 g/mol. The Morgan fingerprint density at radius 1 is 1.03 bits per heavy atom. The number of carboxylic acid groups (broad SMARTS) is 1. The summed E-state index contributed by atoms with van der Waals surface area (Å²) in [4.78, 5) is 40.2. The number of aliphatic carboxylic acids is 1. The second-order valence-corrected chi connectivity index (χ2v) is 7.46. The van der Waals surface area contributed by atoms with Crippen LogP contribution in [0.4, 0.5) is 0 Å². The van der Waals surface area contributed by atoms with Crippen molar-refractivity contribution in [1.29, 1.82) is 0 Å². The van der Waals surface area contributed by atoms with Crippen molar-refractivity contribution in [3.8, 4) is 17.2 Å². The van der Waals surface area contributed by atoms with E-state index in [1.165, 1.54) is 11.1 Å². The number of rotatable bonds is 5. The zero-order chi connectivity index (χ0) is 22.9. The summed E-state index contributed by atoms with van der Waals surface area (Å²) in [5.74, 6) is -4.78. The van der Waals surface area contributed by atoms with Crippen molar-refractivity contribution >= 4 is 23.5 Å². The molecule has 1 heterocycles. The normalized spacial score (nSPS) is 16.4. The zero-order valence-corrected chi connectivity index (χ0v) is 16.9. The number of carbonyl (C=O) groups is 3.